The van der Waals surface area contributed by atoms with Crippen molar-refractivity contribution in [2.75, 3.05) is 31.1 Å². The van der Waals surface area contributed by atoms with Crippen LogP contribution in [0.5, 0.6) is 0 Å². The number of aromatic nitrogens is 2. The lowest BCUT2D eigenvalue weighted by molar-refractivity contribution is 0.180. The number of piperidine rings is 1. The van der Waals surface area contributed by atoms with Gasteiger partial charge in [0, 0.05) is 19.1 Å². The van der Waals surface area contributed by atoms with Crippen molar-refractivity contribution in [3.8, 4) is 0 Å². The molecule has 0 amide bonds. The SMILES string of the molecule is CCN1CCC2CCN(c3nc4nc(Cl)ccc4o3)C2C1. The molecule has 5 nitrogen and oxygen atoms in total. The first kappa shape index (κ1) is 13.3. The molecule has 2 aromatic heterocycles. The van der Waals surface area contributed by atoms with Crippen LogP contribution in [0.2, 0.25) is 5.15 Å². The number of pyridine rings is 1. The normalized spacial score (nSPS) is 26.5. The molecular formula is C15H19ClN4O. The third-order valence-corrected chi connectivity index (χ3v) is 5.06. The first-order chi connectivity index (χ1) is 10.2. The number of halogens is 1. The monoisotopic (exact) mass is 306 g/mol. The fourth-order valence-electron chi connectivity index (χ4n) is 3.64. The Hall–Kier alpha value is -1.33. The molecule has 6 heteroatoms. The smallest absolute Gasteiger partial charge is 0.300 e. The van der Waals surface area contributed by atoms with Crippen LogP contribution >= 0.6 is 11.6 Å². The van der Waals surface area contributed by atoms with Crippen LogP contribution in [0.25, 0.3) is 11.2 Å². The maximum atomic E-state index is 5.92. The van der Waals surface area contributed by atoms with Gasteiger partial charge in [0.25, 0.3) is 6.01 Å². The Bertz CT molecular complexity index is 658. The number of oxazole rings is 1. The summed E-state index contributed by atoms with van der Waals surface area (Å²) in [6.07, 6.45) is 2.51. The molecular weight excluding hydrogens is 288 g/mol. The van der Waals surface area contributed by atoms with E-state index in [9.17, 15) is 0 Å². The largest absolute Gasteiger partial charge is 0.422 e. The van der Waals surface area contributed by atoms with Gasteiger partial charge in [-0.25, -0.2) is 4.98 Å². The highest BCUT2D eigenvalue weighted by Gasteiger charge is 2.39. The lowest BCUT2D eigenvalue weighted by Crippen LogP contribution is -2.48. The summed E-state index contributed by atoms with van der Waals surface area (Å²) >= 11 is 5.92. The standard InChI is InChI=1S/C15H19ClN4O/c1-2-19-7-5-10-6-8-20(11(10)9-19)15-18-14-12(21-15)3-4-13(16)17-14/h3-4,10-11H,2,5-9H2,1H3. The Morgan fingerprint density at radius 1 is 1.29 bits per heavy atom. The predicted molar refractivity (Wildman–Crippen MR) is 82.8 cm³/mol. The van der Waals surface area contributed by atoms with Crippen LogP contribution in [0, 0.1) is 5.92 Å². The molecule has 2 aliphatic heterocycles. The van der Waals surface area contributed by atoms with Crippen LogP contribution < -0.4 is 4.90 Å². The first-order valence-electron chi connectivity index (χ1n) is 7.66. The topological polar surface area (TPSA) is 45.4 Å². The minimum absolute atomic E-state index is 0.455. The second-order valence-corrected chi connectivity index (χ2v) is 6.33. The zero-order chi connectivity index (χ0) is 14.4. The quantitative estimate of drug-likeness (QED) is 0.798. The minimum atomic E-state index is 0.455. The van der Waals surface area contributed by atoms with Crippen molar-refractivity contribution in [2.45, 2.75) is 25.8 Å². The van der Waals surface area contributed by atoms with E-state index in [1.54, 1.807) is 6.07 Å². The summed E-state index contributed by atoms with van der Waals surface area (Å²) in [5.74, 6) is 0.763. The van der Waals surface area contributed by atoms with E-state index in [4.69, 9.17) is 16.0 Å². The zero-order valence-corrected chi connectivity index (χ0v) is 12.9. The Morgan fingerprint density at radius 3 is 3.00 bits per heavy atom. The van der Waals surface area contributed by atoms with E-state index in [1.807, 2.05) is 6.07 Å². The molecule has 0 bridgehead atoms. The second-order valence-electron chi connectivity index (χ2n) is 5.94. The lowest BCUT2D eigenvalue weighted by atomic mass is 9.92. The molecule has 2 unspecified atom stereocenters. The van der Waals surface area contributed by atoms with Gasteiger partial charge in [0.2, 0.25) is 5.65 Å². The summed E-state index contributed by atoms with van der Waals surface area (Å²) in [5, 5.41) is 0.455. The molecule has 2 fully saturated rings. The van der Waals surface area contributed by atoms with Gasteiger partial charge in [-0.1, -0.05) is 18.5 Å². The van der Waals surface area contributed by atoms with Gasteiger partial charge in [-0.3, -0.25) is 0 Å². The molecule has 112 valence electrons. The number of likely N-dealkylation sites (tertiary alicyclic amines) is 1. The van der Waals surface area contributed by atoms with Gasteiger partial charge in [-0.15, -0.1) is 0 Å². The number of hydrogen-bond donors (Lipinski definition) is 0. The maximum Gasteiger partial charge on any atom is 0.300 e. The van der Waals surface area contributed by atoms with Gasteiger partial charge in [-0.2, -0.15) is 4.98 Å². The van der Waals surface area contributed by atoms with E-state index in [0.717, 1.165) is 25.6 Å². The molecule has 2 aliphatic rings. The molecule has 0 radical (unpaired) electrons. The van der Waals surface area contributed by atoms with E-state index < -0.39 is 0 Å². The summed E-state index contributed by atoms with van der Waals surface area (Å²) in [5.41, 5.74) is 1.31. The van der Waals surface area contributed by atoms with Crippen molar-refractivity contribution >= 4 is 28.8 Å². The number of likely N-dealkylation sites (N-methyl/N-ethyl adjacent to an activating group) is 1. The highest BCUT2D eigenvalue weighted by Crippen LogP contribution is 2.35. The summed E-state index contributed by atoms with van der Waals surface area (Å²) in [6, 6.07) is 4.80. The molecule has 0 saturated carbocycles. The number of rotatable bonds is 2. The van der Waals surface area contributed by atoms with Crippen LogP contribution in [0.3, 0.4) is 0 Å². The Labute approximate surface area is 128 Å². The van der Waals surface area contributed by atoms with Gasteiger partial charge in [0.1, 0.15) is 5.15 Å². The third-order valence-electron chi connectivity index (χ3n) is 4.85. The number of anilines is 1. The molecule has 0 N–H and O–H groups in total. The Kier molecular flexibility index (Phi) is 3.27. The van der Waals surface area contributed by atoms with Crippen molar-refractivity contribution in [3.05, 3.63) is 17.3 Å². The fourth-order valence-corrected chi connectivity index (χ4v) is 3.78. The Balaban J connectivity index is 1.64. The number of hydrogen-bond acceptors (Lipinski definition) is 5. The van der Waals surface area contributed by atoms with Crippen molar-refractivity contribution in [2.24, 2.45) is 5.92 Å². The maximum absolute atomic E-state index is 5.92. The van der Waals surface area contributed by atoms with E-state index >= 15 is 0 Å². The fraction of sp³-hybridized carbons (Fsp3) is 0.600. The number of nitrogens with zero attached hydrogens (tertiary/aromatic N) is 4. The van der Waals surface area contributed by atoms with Gasteiger partial charge in [0.05, 0.1) is 0 Å². The van der Waals surface area contributed by atoms with Crippen LogP contribution in [-0.4, -0.2) is 47.1 Å². The molecule has 2 atom stereocenters. The zero-order valence-electron chi connectivity index (χ0n) is 12.1. The molecule has 0 spiro atoms. The third kappa shape index (κ3) is 2.28. The minimum Gasteiger partial charge on any atom is -0.422 e. The molecule has 4 heterocycles. The van der Waals surface area contributed by atoms with Crippen LogP contribution in [0.1, 0.15) is 19.8 Å². The summed E-state index contributed by atoms with van der Waals surface area (Å²) < 4.78 is 5.90. The van der Waals surface area contributed by atoms with Crippen LogP contribution in [0.15, 0.2) is 16.5 Å². The average molecular weight is 307 g/mol. The summed E-state index contributed by atoms with van der Waals surface area (Å²) in [6.45, 7) is 6.69. The molecule has 21 heavy (non-hydrogen) atoms. The highest BCUT2D eigenvalue weighted by molar-refractivity contribution is 6.29. The number of fused-ring (bicyclic) bond motifs is 2. The summed E-state index contributed by atoms with van der Waals surface area (Å²) in [7, 11) is 0. The predicted octanol–water partition coefficient (Wildman–Crippen LogP) is 2.80. The van der Waals surface area contributed by atoms with Crippen molar-refractivity contribution in [3.63, 3.8) is 0 Å². The summed E-state index contributed by atoms with van der Waals surface area (Å²) in [4.78, 5) is 13.6. The van der Waals surface area contributed by atoms with E-state index in [0.29, 0.717) is 28.4 Å². The highest BCUT2D eigenvalue weighted by atomic mass is 35.5. The van der Waals surface area contributed by atoms with Gasteiger partial charge in [0.15, 0.2) is 5.58 Å². The molecule has 4 rings (SSSR count). The van der Waals surface area contributed by atoms with E-state index in [-0.39, 0.29) is 0 Å². The van der Waals surface area contributed by atoms with Crippen molar-refractivity contribution in [1.82, 2.24) is 14.9 Å². The van der Waals surface area contributed by atoms with E-state index in [1.165, 1.54) is 19.4 Å². The van der Waals surface area contributed by atoms with Crippen molar-refractivity contribution < 1.29 is 4.42 Å². The Morgan fingerprint density at radius 2 is 2.14 bits per heavy atom. The van der Waals surface area contributed by atoms with Crippen molar-refractivity contribution in [1.29, 1.82) is 0 Å². The van der Waals surface area contributed by atoms with Crippen LogP contribution in [-0.2, 0) is 0 Å². The lowest BCUT2D eigenvalue weighted by Gasteiger charge is -2.37. The average Bonchev–Trinajstić information content (AvgIpc) is 3.08. The second kappa shape index (κ2) is 5.14. The van der Waals surface area contributed by atoms with E-state index in [2.05, 4.69) is 26.7 Å². The van der Waals surface area contributed by atoms with Gasteiger partial charge < -0.3 is 14.2 Å². The van der Waals surface area contributed by atoms with Gasteiger partial charge >= 0.3 is 0 Å². The van der Waals surface area contributed by atoms with Gasteiger partial charge in [-0.05, 0) is 44.0 Å². The molecule has 0 aliphatic carbocycles. The molecule has 0 aromatic carbocycles. The van der Waals surface area contributed by atoms with Crippen LogP contribution in [0.4, 0.5) is 6.01 Å². The molecule has 2 aromatic rings. The first-order valence-corrected chi connectivity index (χ1v) is 8.04. The molecule has 2 saturated heterocycles.